The van der Waals surface area contributed by atoms with E-state index in [0.717, 1.165) is 0 Å². The second kappa shape index (κ2) is 5.87. The van der Waals surface area contributed by atoms with Crippen LogP contribution in [0.1, 0.15) is 12.0 Å². The van der Waals surface area contributed by atoms with Crippen molar-refractivity contribution in [1.29, 1.82) is 0 Å². The lowest BCUT2D eigenvalue weighted by atomic mass is 10.1. The molecule has 1 aromatic rings. The number of benzene rings is 1. The molecule has 1 atom stereocenters. The lowest BCUT2D eigenvalue weighted by molar-refractivity contribution is -0.392. The molecule has 0 spiro atoms. The number of nitro benzene ring substituents is 2. The Morgan fingerprint density at radius 2 is 1.77 bits per heavy atom. The monoisotopic (exact) mass is 329 g/mol. The van der Waals surface area contributed by atoms with E-state index in [0.29, 0.717) is 12.0 Å². The average Bonchev–Trinajstić information content (AvgIpc) is 2.75. The van der Waals surface area contributed by atoms with Crippen LogP contribution in [0.4, 0.5) is 17.1 Å². The minimum Gasteiger partial charge on any atom is -0.374 e. The van der Waals surface area contributed by atoms with Crippen molar-refractivity contribution >= 4 is 26.9 Å². The number of sulfone groups is 1. The van der Waals surface area contributed by atoms with Crippen LogP contribution in [0.2, 0.25) is 0 Å². The molecule has 0 bridgehead atoms. The molecule has 0 aliphatic carbocycles. The Morgan fingerprint density at radius 3 is 2.18 bits per heavy atom. The number of nitrogens with one attached hydrogen (secondary N) is 1. The molecule has 2 rings (SSSR count). The van der Waals surface area contributed by atoms with Crippen molar-refractivity contribution in [3.8, 4) is 0 Å². The Morgan fingerprint density at radius 1 is 1.23 bits per heavy atom. The molecule has 120 valence electrons. The number of aryl methyl sites for hydroxylation is 1. The molecule has 1 aliphatic heterocycles. The number of rotatable bonds is 5. The smallest absolute Gasteiger partial charge is 0.299 e. The van der Waals surface area contributed by atoms with Crippen LogP contribution in [-0.4, -0.2) is 36.3 Å². The molecule has 1 unspecified atom stereocenters. The Labute approximate surface area is 126 Å². The van der Waals surface area contributed by atoms with Gasteiger partial charge in [-0.25, -0.2) is 8.42 Å². The van der Waals surface area contributed by atoms with E-state index >= 15 is 0 Å². The number of hydrogen-bond donors (Lipinski definition) is 1. The minimum atomic E-state index is -3.07. The van der Waals surface area contributed by atoms with Gasteiger partial charge in [0, 0.05) is 18.7 Å². The van der Waals surface area contributed by atoms with E-state index in [4.69, 9.17) is 0 Å². The molecule has 1 fully saturated rings. The molecular weight excluding hydrogens is 314 g/mol. The number of hydrogen-bond acceptors (Lipinski definition) is 7. The molecule has 1 aliphatic rings. The zero-order valence-electron chi connectivity index (χ0n) is 11.8. The molecule has 1 aromatic carbocycles. The molecule has 9 nitrogen and oxygen atoms in total. The summed E-state index contributed by atoms with van der Waals surface area (Å²) in [6.45, 7) is 1.68. The number of nitrogens with zero attached hydrogens (tertiary/aromatic N) is 2. The largest absolute Gasteiger partial charge is 0.374 e. The van der Waals surface area contributed by atoms with Crippen molar-refractivity contribution in [1.82, 2.24) is 0 Å². The van der Waals surface area contributed by atoms with Crippen LogP contribution in [0.5, 0.6) is 0 Å². The van der Waals surface area contributed by atoms with Gasteiger partial charge in [0.2, 0.25) is 0 Å². The van der Waals surface area contributed by atoms with E-state index < -0.39 is 19.7 Å². The van der Waals surface area contributed by atoms with Crippen LogP contribution in [0.15, 0.2) is 12.1 Å². The maximum absolute atomic E-state index is 11.4. The van der Waals surface area contributed by atoms with Gasteiger partial charge in [-0.3, -0.25) is 20.2 Å². The predicted octanol–water partition coefficient (Wildman–Crippen LogP) is 1.66. The highest BCUT2D eigenvalue weighted by atomic mass is 32.2. The summed E-state index contributed by atoms with van der Waals surface area (Å²) in [4.78, 5) is 20.8. The van der Waals surface area contributed by atoms with Crippen LogP contribution in [-0.2, 0) is 9.84 Å². The van der Waals surface area contributed by atoms with Crippen molar-refractivity contribution in [3.05, 3.63) is 37.9 Å². The lowest BCUT2D eigenvalue weighted by Gasteiger charge is -2.12. The third kappa shape index (κ3) is 3.50. The van der Waals surface area contributed by atoms with E-state index in [2.05, 4.69) is 5.32 Å². The summed E-state index contributed by atoms with van der Waals surface area (Å²) in [5, 5.41) is 24.9. The first-order valence-corrected chi connectivity index (χ1v) is 8.39. The molecule has 0 aromatic heterocycles. The minimum absolute atomic E-state index is 0.00649. The van der Waals surface area contributed by atoms with Crippen LogP contribution >= 0.6 is 0 Å². The van der Waals surface area contributed by atoms with Crippen molar-refractivity contribution < 1.29 is 18.3 Å². The third-order valence-corrected chi connectivity index (χ3v) is 5.37. The first-order chi connectivity index (χ1) is 10.2. The standard InChI is InChI=1S/C12H15N3O6S/c1-8-4-10(14(16)17)12(11(5-8)15(18)19)13-6-9-2-3-22(20,21)7-9/h4-5,9,13H,2-3,6-7H2,1H3. The summed E-state index contributed by atoms with van der Waals surface area (Å²) in [7, 11) is -3.07. The fourth-order valence-electron chi connectivity index (χ4n) is 2.50. The van der Waals surface area contributed by atoms with Gasteiger partial charge in [-0.2, -0.15) is 0 Å². The van der Waals surface area contributed by atoms with Gasteiger partial charge in [0.05, 0.1) is 21.4 Å². The maximum atomic E-state index is 11.4. The van der Waals surface area contributed by atoms with Crippen molar-refractivity contribution in [2.75, 3.05) is 23.4 Å². The average molecular weight is 329 g/mol. The zero-order chi connectivity index (χ0) is 16.5. The second-order valence-electron chi connectivity index (χ2n) is 5.34. The molecule has 1 saturated heterocycles. The van der Waals surface area contributed by atoms with Crippen LogP contribution in [0.3, 0.4) is 0 Å². The number of nitro groups is 2. The van der Waals surface area contributed by atoms with Gasteiger partial charge in [-0.15, -0.1) is 0 Å². The van der Waals surface area contributed by atoms with Gasteiger partial charge < -0.3 is 5.32 Å². The predicted molar refractivity (Wildman–Crippen MR) is 79.7 cm³/mol. The van der Waals surface area contributed by atoms with E-state index in [9.17, 15) is 28.6 Å². The molecular formula is C12H15N3O6S. The molecule has 0 radical (unpaired) electrons. The summed E-state index contributed by atoms with van der Waals surface area (Å²) in [6.07, 6.45) is 0.447. The summed E-state index contributed by atoms with van der Waals surface area (Å²) in [5.41, 5.74) is -0.530. The summed E-state index contributed by atoms with van der Waals surface area (Å²) in [5.74, 6) is -0.129. The Balaban J connectivity index is 2.29. The van der Waals surface area contributed by atoms with Crippen molar-refractivity contribution in [2.45, 2.75) is 13.3 Å². The summed E-state index contributed by atoms with van der Waals surface area (Å²) >= 11 is 0. The second-order valence-corrected chi connectivity index (χ2v) is 7.57. The third-order valence-electron chi connectivity index (χ3n) is 3.53. The lowest BCUT2D eigenvalue weighted by Crippen LogP contribution is -2.17. The SMILES string of the molecule is Cc1cc([N+](=O)[O-])c(NCC2CCS(=O)(=O)C2)c([N+](=O)[O-])c1. The first-order valence-electron chi connectivity index (χ1n) is 6.57. The normalized spacial score (nSPS) is 19.8. The summed E-state index contributed by atoms with van der Waals surface area (Å²) in [6, 6.07) is 2.50. The molecule has 1 heterocycles. The Bertz CT molecular complexity index is 695. The van der Waals surface area contributed by atoms with Gasteiger partial charge in [-0.1, -0.05) is 0 Å². The maximum Gasteiger partial charge on any atom is 0.299 e. The Kier molecular flexibility index (Phi) is 4.31. The molecule has 1 N–H and O–H groups in total. The van der Waals surface area contributed by atoms with E-state index in [-0.39, 0.29) is 41.0 Å². The zero-order valence-corrected chi connectivity index (χ0v) is 12.6. The highest BCUT2D eigenvalue weighted by Gasteiger charge is 2.30. The van der Waals surface area contributed by atoms with Crippen LogP contribution < -0.4 is 5.32 Å². The number of anilines is 1. The molecule has 22 heavy (non-hydrogen) atoms. The fourth-order valence-corrected chi connectivity index (χ4v) is 4.36. The van der Waals surface area contributed by atoms with Crippen LogP contribution in [0.25, 0.3) is 0 Å². The van der Waals surface area contributed by atoms with Crippen LogP contribution in [0, 0.1) is 33.1 Å². The van der Waals surface area contributed by atoms with E-state index in [1.54, 1.807) is 0 Å². The van der Waals surface area contributed by atoms with E-state index in [1.807, 2.05) is 0 Å². The van der Waals surface area contributed by atoms with Gasteiger partial charge >= 0.3 is 0 Å². The van der Waals surface area contributed by atoms with E-state index in [1.165, 1.54) is 19.1 Å². The van der Waals surface area contributed by atoms with Crippen molar-refractivity contribution in [3.63, 3.8) is 0 Å². The van der Waals surface area contributed by atoms with Gasteiger partial charge in [0.25, 0.3) is 11.4 Å². The quantitative estimate of drug-likeness (QED) is 0.641. The molecule has 0 saturated carbocycles. The topological polar surface area (TPSA) is 132 Å². The molecule has 10 heteroatoms. The Hall–Kier alpha value is -2.23. The highest BCUT2D eigenvalue weighted by molar-refractivity contribution is 7.91. The van der Waals surface area contributed by atoms with Gasteiger partial charge in [-0.05, 0) is 24.8 Å². The van der Waals surface area contributed by atoms with Crippen molar-refractivity contribution in [2.24, 2.45) is 5.92 Å². The summed E-state index contributed by atoms with van der Waals surface area (Å²) < 4.78 is 22.8. The first kappa shape index (κ1) is 16.1. The van der Waals surface area contributed by atoms with Gasteiger partial charge in [0.15, 0.2) is 15.5 Å². The molecule has 0 amide bonds. The van der Waals surface area contributed by atoms with Gasteiger partial charge in [0.1, 0.15) is 0 Å². The highest BCUT2D eigenvalue weighted by Crippen LogP contribution is 2.36. The fraction of sp³-hybridized carbons (Fsp3) is 0.500.